The summed E-state index contributed by atoms with van der Waals surface area (Å²) in [5, 5.41) is 2.93. The summed E-state index contributed by atoms with van der Waals surface area (Å²) < 4.78 is 10.3. The number of furan rings is 1. The second-order valence-corrected chi connectivity index (χ2v) is 8.05. The van der Waals surface area contributed by atoms with E-state index in [1.807, 2.05) is 0 Å². The van der Waals surface area contributed by atoms with E-state index >= 15 is 0 Å². The first-order chi connectivity index (χ1) is 14.9. The number of carbonyl (C=O) groups is 4. The number of hydrogen-bond donors (Lipinski definition) is 1. The van der Waals surface area contributed by atoms with E-state index in [2.05, 4.69) is 12.2 Å². The van der Waals surface area contributed by atoms with Gasteiger partial charge in [-0.05, 0) is 49.1 Å². The zero-order valence-corrected chi connectivity index (χ0v) is 17.3. The molecule has 2 aromatic rings. The van der Waals surface area contributed by atoms with Crippen LogP contribution in [0.4, 0.5) is 0 Å². The lowest BCUT2D eigenvalue weighted by Crippen LogP contribution is -2.42. The standard InChI is InChI=1S/C23H24N2O6/c1-14-5-2-3-7-19(14)24-20(26)13-31-23(29)15-8-9-17-18(11-15)22(28)25(21(17)27)12-16-6-4-10-30-16/h4,6,8-11,14,19H,2-3,5,7,12-13H2,1H3,(H,24,26). The van der Waals surface area contributed by atoms with Crippen LogP contribution in [0.25, 0.3) is 0 Å². The molecule has 0 radical (unpaired) electrons. The van der Waals surface area contributed by atoms with Gasteiger partial charge in [0.05, 0.1) is 29.5 Å². The van der Waals surface area contributed by atoms with E-state index in [0.29, 0.717) is 11.7 Å². The summed E-state index contributed by atoms with van der Waals surface area (Å²) >= 11 is 0. The van der Waals surface area contributed by atoms with E-state index in [9.17, 15) is 19.2 Å². The van der Waals surface area contributed by atoms with Gasteiger partial charge >= 0.3 is 5.97 Å². The largest absolute Gasteiger partial charge is 0.467 e. The zero-order chi connectivity index (χ0) is 22.0. The lowest BCUT2D eigenvalue weighted by atomic mass is 9.86. The lowest BCUT2D eigenvalue weighted by Gasteiger charge is -2.29. The number of imide groups is 1. The number of rotatable bonds is 6. The molecule has 31 heavy (non-hydrogen) atoms. The van der Waals surface area contributed by atoms with E-state index in [0.717, 1.165) is 24.2 Å². The first-order valence-electron chi connectivity index (χ1n) is 10.4. The summed E-state index contributed by atoms with van der Waals surface area (Å²) in [6.45, 7) is 1.73. The third-order valence-electron chi connectivity index (χ3n) is 5.89. The summed E-state index contributed by atoms with van der Waals surface area (Å²) in [5.41, 5.74) is 0.460. The molecule has 1 aliphatic heterocycles. The van der Waals surface area contributed by atoms with Gasteiger partial charge in [0, 0.05) is 6.04 Å². The number of fused-ring (bicyclic) bond motifs is 1. The molecule has 1 aromatic heterocycles. The SMILES string of the molecule is CC1CCCCC1NC(=O)COC(=O)c1ccc2c(c1)C(=O)N(Cc1ccco1)C2=O. The molecule has 162 valence electrons. The summed E-state index contributed by atoms with van der Waals surface area (Å²) in [5.74, 6) is -1.14. The van der Waals surface area contributed by atoms with Crippen molar-refractivity contribution in [3.8, 4) is 0 Å². The fourth-order valence-corrected chi connectivity index (χ4v) is 4.11. The second kappa shape index (κ2) is 8.75. The van der Waals surface area contributed by atoms with Crippen molar-refractivity contribution in [2.24, 2.45) is 5.92 Å². The molecular weight excluding hydrogens is 400 g/mol. The number of nitrogens with zero attached hydrogens (tertiary/aromatic N) is 1. The predicted octanol–water partition coefficient (Wildman–Crippen LogP) is 2.93. The number of hydrogen-bond acceptors (Lipinski definition) is 6. The smallest absolute Gasteiger partial charge is 0.338 e. The Kier molecular flexibility index (Phi) is 5.88. The minimum absolute atomic E-state index is 0.0128. The molecule has 3 amide bonds. The van der Waals surface area contributed by atoms with Crippen molar-refractivity contribution in [1.29, 1.82) is 0 Å². The third kappa shape index (κ3) is 4.38. The normalized spacial score (nSPS) is 20.5. The van der Waals surface area contributed by atoms with Crippen molar-refractivity contribution in [2.75, 3.05) is 6.61 Å². The summed E-state index contributed by atoms with van der Waals surface area (Å²) in [6, 6.07) is 7.63. The maximum Gasteiger partial charge on any atom is 0.338 e. The van der Waals surface area contributed by atoms with E-state index in [4.69, 9.17) is 9.15 Å². The Balaban J connectivity index is 1.37. The van der Waals surface area contributed by atoms with Crippen molar-refractivity contribution in [3.05, 3.63) is 59.0 Å². The molecule has 2 aliphatic rings. The quantitative estimate of drug-likeness (QED) is 0.565. The highest BCUT2D eigenvalue weighted by Gasteiger charge is 2.36. The van der Waals surface area contributed by atoms with Gasteiger partial charge < -0.3 is 14.5 Å². The molecule has 1 N–H and O–H groups in total. The molecular formula is C23H24N2O6. The number of carbonyl (C=O) groups excluding carboxylic acids is 4. The van der Waals surface area contributed by atoms with Gasteiger partial charge in [0.25, 0.3) is 17.7 Å². The van der Waals surface area contributed by atoms with Crippen LogP contribution in [0.3, 0.4) is 0 Å². The Morgan fingerprint density at radius 3 is 2.65 bits per heavy atom. The Hall–Kier alpha value is -3.42. The van der Waals surface area contributed by atoms with Crippen LogP contribution in [-0.4, -0.2) is 41.2 Å². The van der Waals surface area contributed by atoms with E-state index < -0.39 is 24.4 Å². The first-order valence-corrected chi connectivity index (χ1v) is 10.4. The molecule has 0 saturated heterocycles. The Bertz CT molecular complexity index is 1010. The van der Waals surface area contributed by atoms with Crippen molar-refractivity contribution in [2.45, 2.75) is 45.2 Å². The molecule has 1 aromatic carbocycles. The Morgan fingerprint density at radius 2 is 1.90 bits per heavy atom. The van der Waals surface area contributed by atoms with Gasteiger partial charge in [-0.1, -0.05) is 19.8 Å². The molecule has 0 spiro atoms. The maximum atomic E-state index is 12.7. The zero-order valence-electron chi connectivity index (χ0n) is 17.3. The van der Waals surface area contributed by atoms with Gasteiger partial charge in [-0.15, -0.1) is 0 Å². The van der Waals surface area contributed by atoms with Crippen LogP contribution < -0.4 is 5.32 Å². The van der Waals surface area contributed by atoms with Gasteiger partial charge in [0.1, 0.15) is 5.76 Å². The minimum Gasteiger partial charge on any atom is -0.467 e. The van der Waals surface area contributed by atoms with Crippen LogP contribution in [0, 0.1) is 5.92 Å². The van der Waals surface area contributed by atoms with Crippen LogP contribution in [0.15, 0.2) is 41.0 Å². The minimum atomic E-state index is -0.723. The van der Waals surface area contributed by atoms with Crippen LogP contribution >= 0.6 is 0 Å². The number of amides is 3. The highest BCUT2D eigenvalue weighted by atomic mass is 16.5. The highest BCUT2D eigenvalue weighted by Crippen LogP contribution is 2.26. The van der Waals surface area contributed by atoms with Crippen molar-refractivity contribution >= 4 is 23.7 Å². The van der Waals surface area contributed by atoms with Crippen LogP contribution in [0.5, 0.6) is 0 Å². The highest BCUT2D eigenvalue weighted by molar-refractivity contribution is 6.21. The molecule has 1 saturated carbocycles. The van der Waals surface area contributed by atoms with Gasteiger partial charge in [-0.25, -0.2) is 4.79 Å². The number of nitrogens with one attached hydrogen (secondary N) is 1. The summed E-state index contributed by atoms with van der Waals surface area (Å²) in [4.78, 5) is 50.9. The Labute approximate surface area is 179 Å². The molecule has 4 rings (SSSR count). The molecule has 8 heteroatoms. The number of esters is 1. The molecule has 2 heterocycles. The van der Waals surface area contributed by atoms with E-state index in [-0.39, 0.29) is 35.2 Å². The molecule has 2 unspecified atom stereocenters. The first kappa shape index (κ1) is 20.8. The third-order valence-corrected chi connectivity index (χ3v) is 5.89. The van der Waals surface area contributed by atoms with Crippen molar-refractivity contribution in [1.82, 2.24) is 10.2 Å². The predicted molar refractivity (Wildman–Crippen MR) is 109 cm³/mol. The fourth-order valence-electron chi connectivity index (χ4n) is 4.11. The Morgan fingerprint density at radius 1 is 1.13 bits per heavy atom. The van der Waals surface area contributed by atoms with Crippen molar-refractivity contribution in [3.63, 3.8) is 0 Å². The van der Waals surface area contributed by atoms with Gasteiger partial charge in [0.15, 0.2) is 6.61 Å². The van der Waals surface area contributed by atoms with E-state index in [1.54, 1.807) is 12.1 Å². The molecule has 2 atom stereocenters. The van der Waals surface area contributed by atoms with Gasteiger partial charge in [0.2, 0.25) is 0 Å². The number of benzene rings is 1. The molecule has 0 bridgehead atoms. The second-order valence-electron chi connectivity index (χ2n) is 8.05. The van der Waals surface area contributed by atoms with Gasteiger partial charge in [-0.3, -0.25) is 19.3 Å². The van der Waals surface area contributed by atoms with Crippen LogP contribution in [-0.2, 0) is 16.1 Å². The maximum absolute atomic E-state index is 12.7. The van der Waals surface area contributed by atoms with Crippen LogP contribution in [0.2, 0.25) is 0 Å². The topological polar surface area (TPSA) is 106 Å². The molecule has 8 nitrogen and oxygen atoms in total. The van der Waals surface area contributed by atoms with Crippen molar-refractivity contribution < 1.29 is 28.3 Å². The average molecular weight is 424 g/mol. The summed E-state index contributed by atoms with van der Waals surface area (Å²) in [6.07, 6.45) is 5.71. The number of ether oxygens (including phenoxy) is 1. The van der Waals surface area contributed by atoms with Gasteiger partial charge in [-0.2, -0.15) is 0 Å². The van der Waals surface area contributed by atoms with E-state index in [1.165, 1.54) is 30.9 Å². The van der Waals surface area contributed by atoms with Crippen LogP contribution in [0.1, 0.15) is 69.4 Å². The lowest BCUT2D eigenvalue weighted by molar-refractivity contribution is -0.125. The summed E-state index contributed by atoms with van der Waals surface area (Å²) in [7, 11) is 0. The molecule has 1 fully saturated rings. The monoisotopic (exact) mass is 424 g/mol. The average Bonchev–Trinajstić information content (AvgIpc) is 3.36. The fraction of sp³-hybridized carbons (Fsp3) is 0.391. The molecule has 1 aliphatic carbocycles.